The van der Waals surface area contributed by atoms with Crippen LogP contribution in [-0.2, 0) is 4.79 Å². The van der Waals surface area contributed by atoms with E-state index in [0.717, 1.165) is 17.5 Å². The Bertz CT molecular complexity index is 886. The van der Waals surface area contributed by atoms with Crippen LogP contribution in [0.5, 0.6) is 0 Å². The number of piperazine rings is 1. The molecule has 6 heteroatoms. The van der Waals surface area contributed by atoms with Crippen LogP contribution in [0.15, 0.2) is 48.5 Å². The Morgan fingerprint density at radius 1 is 1.17 bits per heavy atom. The lowest BCUT2D eigenvalue weighted by Gasteiger charge is -2.59. The van der Waals surface area contributed by atoms with Gasteiger partial charge in [0.2, 0.25) is 5.91 Å². The third kappa shape index (κ3) is 3.88. The van der Waals surface area contributed by atoms with E-state index in [1.165, 1.54) is 11.1 Å². The molecule has 2 aliphatic rings. The van der Waals surface area contributed by atoms with Gasteiger partial charge in [-0.2, -0.15) is 0 Å². The van der Waals surface area contributed by atoms with E-state index in [1.54, 1.807) is 4.90 Å². The largest absolute Gasteiger partial charge is 0.394 e. The average molecular weight is 410 g/mol. The summed E-state index contributed by atoms with van der Waals surface area (Å²) >= 11 is 0. The molecule has 3 N–H and O–H groups in total. The van der Waals surface area contributed by atoms with E-state index in [9.17, 15) is 15.0 Å². The van der Waals surface area contributed by atoms with Gasteiger partial charge >= 0.3 is 0 Å². The molecule has 0 aromatic heterocycles. The number of nitrogens with zero attached hydrogens (tertiary/aromatic N) is 2. The Hall–Kier alpha value is -2.25. The van der Waals surface area contributed by atoms with E-state index < -0.39 is 6.35 Å². The Morgan fingerprint density at radius 3 is 2.60 bits per heavy atom. The number of hydrogen-bond donors (Lipinski definition) is 3. The van der Waals surface area contributed by atoms with Crippen LogP contribution >= 0.6 is 0 Å². The predicted octanol–water partition coefficient (Wildman–Crippen LogP) is 1.91. The van der Waals surface area contributed by atoms with Crippen LogP contribution in [0, 0.1) is 6.92 Å². The van der Waals surface area contributed by atoms with E-state index in [0.29, 0.717) is 13.1 Å². The number of hydrogen-bond acceptors (Lipinski definition) is 5. The standard InChI is InChI=1S/C24H31N3O3/c1-3-11-25-24(30)26-13-20-23(21(15-28)27(20)22(29)14-26)18-9-7-17(8-10-18)19-6-4-5-16(2)12-19/h4-10,12,20-21,23-25,28,30H,3,11,13-15H2,1-2H3/t20-,21+,23-,24?/m0/s1. The maximum Gasteiger partial charge on any atom is 0.237 e. The van der Waals surface area contributed by atoms with Crippen LogP contribution in [-0.4, -0.2) is 70.6 Å². The van der Waals surface area contributed by atoms with E-state index in [4.69, 9.17) is 0 Å². The molecular formula is C24H31N3O3. The highest BCUT2D eigenvalue weighted by Gasteiger charge is 2.54. The molecule has 2 fully saturated rings. The number of rotatable bonds is 7. The maximum atomic E-state index is 12.7. The van der Waals surface area contributed by atoms with E-state index in [1.807, 2.05) is 11.8 Å². The van der Waals surface area contributed by atoms with Gasteiger partial charge < -0.3 is 15.1 Å². The van der Waals surface area contributed by atoms with Crippen molar-refractivity contribution in [2.75, 3.05) is 26.2 Å². The van der Waals surface area contributed by atoms with Gasteiger partial charge in [-0.3, -0.25) is 15.0 Å². The minimum absolute atomic E-state index is 0.0321. The van der Waals surface area contributed by atoms with Crippen LogP contribution < -0.4 is 5.32 Å². The van der Waals surface area contributed by atoms with Gasteiger partial charge in [0.15, 0.2) is 6.35 Å². The van der Waals surface area contributed by atoms with Crippen LogP contribution in [0.25, 0.3) is 11.1 Å². The molecule has 0 saturated carbocycles. The Kier molecular flexibility index (Phi) is 6.20. The van der Waals surface area contributed by atoms with E-state index in [2.05, 4.69) is 60.8 Å². The summed E-state index contributed by atoms with van der Waals surface area (Å²) in [5, 5.41) is 23.4. The molecule has 160 valence electrons. The number of amides is 1. The molecule has 2 aromatic rings. The maximum absolute atomic E-state index is 12.7. The lowest BCUT2D eigenvalue weighted by Crippen LogP contribution is -2.74. The van der Waals surface area contributed by atoms with Crippen molar-refractivity contribution in [2.24, 2.45) is 0 Å². The second-order valence-electron chi connectivity index (χ2n) is 8.39. The molecule has 4 atom stereocenters. The van der Waals surface area contributed by atoms with Gasteiger partial charge in [0.05, 0.1) is 25.2 Å². The zero-order valence-electron chi connectivity index (χ0n) is 17.7. The zero-order valence-corrected chi connectivity index (χ0v) is 17.7. The summed E-state index contributed by atoms with van der Waals surface area (Å²) in [5.74, 6) is 0.0296. The Balaban J connectivity index is 1.53. The molecule has 0 radical (unpaired) electrons. The molecule has 6 nitrogen and oxygen atoms in total. The molecule has 2 aliphatic heterocycles. The van der Waals surface area contributed by atoms with Crippen molar-refractivity contribution in [2.45, 2.75) is 44.6 Å². The molecule has 1 unspecified atom stereocenters. The second-order valence-corrected chi connectivity index (χ2v) is 8.39. The molecular weight excluding hydrogens is 378 g/mol. The Morgan fingerprint density at radius 2 is 1.93 bits per heavy atom. The van der Waals surface area contributed by atoms with Crippen molar-refractivity contribution in [3.8, 4) is 11.1 Å². The molecule has 30 heavy (non-hydrogen) atoms. The molecule has 2 saturated heterocycles. The van der Waals surface area contributed by atoms with E-state index in [-0.39, 0.29) is 37.1 Å². The van der Waals surface area contributed by atoms with Crippen LogP contribution in [0.3, 0.4) is 0 Å². The van der Waals surface area contributed by atoms with Gasteiger partial charge in [-0.05, 0) is 36.6 Å². The fraction of sp³-hybridized carbons (Fsp3) is 0.458. The molecule has 0 aliphatic carbocycles. The molecule has 0 bridgehead atoms. The molecule has 1 amide bonds. The van der Waals surface area contributed by atoms with Gasteiger partial charge in [0.25, 0.3) is 0 Å². The lowest BCUT2D eigenvalue weighted by molar-refractivity contribution is -0.172. The summed E-state index contributed by atoms with van der Waals surface area (Å²) in [6, 6.07) is 16.6. The third-order valence-electron chi connectivity index (χ3n) is 6.35. The highest BCUT2D eigenvalue weighted by atomic mass is 16.3. The fourth-order valence-corrected chi connectivity index (χ4v) is 4.84. The predicted molar refractivity (Wildman–Crippen MR) is 117 cm³/mol. The Labute approximate surface area is 178 Å². The number of carbonyl (C=O) groups excluding carboxylic acids is 1. The lowest BCUT2D eigenvalue weighted by atomic mass is 9.73. The van der Waals surface area contributed by atoms with Crippen molar-refractivity contribution in [1.29, 1.82) is 0 Å². The number of nitrogens with one attached hydrogen (secondary N) is 1. The highest BCUT2D eigenvalue weighted by Crippen LogP contribution is 2.43. The average Bonchev–Trinajstić information content (AvgIpc) is 2.73. The van der Waals surface area contributed by atoms with Crippen LogP contribution in [0.4, 0.5) is 0 Å². The number of carbonyl (C=O) groups is 1. The van der Waals surface area contributed by atoms with Crippen molar-refractivity contribution >= 4 is 5.91 Å². The van der Waals surface area contributed by atoms with Gasteiger partial charge in [0.1, 0.15) is 0 Å². The highest BCUT2D eigenvalue weighted by molar-refractivity contribution is 5.81. The summed E-state index contributed by atoms with van der Waals surface area (Å²) in [6.07, 6.45) is 0.0882. The normalized spacial score (nSPS) is 25.0. The first kappa shape index (κ1) is 21.0. The van der Waals surface area contributed by atoms with Gasteiger partial charge in [-0.1, -0.05) is 61.0 Å². The fourth-order valence-electron chi connectivity index (χ4n) is 4.84. The number of aliphatic hydroxyl groups excluding tert-OH is 2. The minimum Gasteiger partial charge on any atom is -0.394 e. The van der Waals surface area contributed by atoms with Crippen molar-refractivity contribution in [3.05, 3.63) is 59.7 Å². The first-order chi connectivity index (χ1) is 14.5. The van der Waals surface area contributed by atoms with Gasteiger partial charge in [0, 0.05) is 12.5 Å². The monoisotopic (exact) mass is 409 g/mol. The first-order valence-electron chi connectivity index (χ1n) is 10.8. The van der Waals surface area contributed by atoms with Crippen molar-refractivity contribution in [1.82, 2.24) is 15.1 Å². The quantitative estimate of drug-likeness (QED) is 0.609. The zero-order chi connectivity index (χ0) is 21.3. The van der Waals surface area contributed by atoms with Crippen molar-refractivity contribution < 1.29 is 15.0 Å². The molecule has 0 spiro atoms. The minimum atomic E-state index is -0.825. The van der Waals surface area contributed by atoms with Crippen molar-refractivity contribution in [3.63, 3.8) is 0 Å². The van der Waals surface area contributed by atoms with Gasteiger partial charge in [-0.25, -0.2) is 0 Å². The number of benzene rings is 2. The number of fused-ring (bicyclic) bond motifs is 1. The third-order valence-corrected chi connectivity index (χ3v) is 6.35. The first-order valence-corrected chi connectivity index (χ1v) is 10.8. The number of aliphatic hydroxyl groups is 2. The van der Waals surface area contributed by atoms with Crippen LogP contribution in [0.2, 0.25) is 0 Å². The topological polar surface area (TPSA) is 76.0 Å². The SMILES string of the molecule is CCCNC(O)N1CC(=O)N2[C@H](CO)[C@@H](c3ccc(-c4cccc(C)c4)cc3)[C@@H]2C1. The summed E-state index contributed by atoms with van der Waals surface area (Å²) in [6.45, 7) is 5.53. The molecule has 2 heterocycles. The summed E-state index contributed by atoms with van der Waals surface area (Å²) in [7, 11) is 0. The van der Waals surface area contributed by atoms with Crippen LogP contribution in [0.1, 0.15) is 30.4 Å². The molecule has 4 rings (SSSR count). The smallest absolute Gasteiger partial charge is 0.237 e. The van der Waals surface area contributed by atoms with Gasteiger partial charge in [-0.15, -0.1) is 0 Å². The summed E-state index contributed by atoms with van der Waals surface area (Å²) in [4.78, 5) is 16.3. The summed E-state index contributed by atoms with van der Waals surface area (Å²) < 4.78 is 0. The molecule has 2 aromatic carbocycles. The van der Waals surface area contributed by atoms with E-state index >= 15 is 0 Å². The summed E-state index contributed by atoms with van der Waals surface area (Å²) in [5.41, 5.74) is 4.68. The second kappa shape index (κ2) is 8.86. The number of aryl methyl sites for hydroxylation is 1.